The van der Waals surface area contributed by atoms with E-state index in [4.69, 9.17) is 10.2 Å². The lowest BCUT2D eigenvalue weighted by molar-refractivity contribution is 0.256. The molecule has 3 aromatic rings. The summed E-state index contributed by atoms with van der Waals surface area (Å²) in [6.07, 6.45) is 0. The van der Waals surface area contributed by atoms with Crippen LogP contribution in [0.15, 0.2) is 64.0 Å². The van der Waals surface area contributed by atoms with Crippen molar-refractivity contribution in [1.29, 1.82) is 0 Å². The third kappa shape index (κ3) is 3.21. The van der Waals surface area contributed by atoms with E-state index in [1.54, 1.807) is 24.3 Å². The number of nitrogens with one attached hydrogen (secondary N) is 2. The van der Waals surface area contributed by atoms with Gasteiger partial charge in [-0.1, -0.05) is 30.3 Å². The Bertz CT molecular complexity index is 793. The summed E-state index contributed by atoms with van der Waals surface area (Å²) in [5, 5.41) is 5.02. The van der Waals surface area contributed by atoms with Crippen molar-refractivity contribution < 1.29 is 9.21 Å². The second-order valence-corrected chi connectivity index (χ2v) is 4.41. The lowest BCUT2D eigenvalue weighted by atomic mass is 10.3. The number of hydrogen-bond donors (Lipinski definition) is 3. The minimum absolute atomic E-state index is 0.0821. The normalized spacial score (nSPS) is 11.4. The van der Waals surface area contributed by atoms with Crippen molar-refractivity contribution in [2.24, 2.45) is 10.7 Å². The van der Waals surface area contributed by atoms with E-state index in [-0.39, 0.29) is 12.0 Å². The van der Waals surface area contributed by atoms with E-state index in [0.717, 1.165) is 0 Å². The Morgan fingerprint density at radius 1 is 1.09 bits per heavy atom. The van der Waals surface area contributed by atoms with Crippen molar-refractivity contribution >= 4 is 34.8 Å². The number of hydrogen-bond acceptors (Lipinski definition) is 4. The van der Waals surface area contributed by atoms with Crippen LogP contribution in [0.4, 0.5) is 16.5 Å². The number of carbonyl (C=O) groups excluding carboxylic acids is 1. The Morgan fingerprint density at radius 2 is 1.82 bits per heavy atom. The number of carbonyl (C=O) groups is 1. The summed E-state index contributed by atoms with van der Waals surface area (Å²) in [6.45, 7) is 0. The highest BCUT2D eigenvalue weighted by Crippen LogP contribution is 2.19. The van der Waals surface area contributed by atoms with E-state index in [9.17, 15) is 4.79 Å². The average molecular weight is 295 g/mol. The molecule has 2 aromatic carbocycles. The number of fused-ring (bicyclic) bond motifs is 1. The molecule has 2 amide bonds. The first-order chi connectivity index (χ1) is 10.7. The standard InChI is InChI=1S/C15H13N5O2/c16-13(19-14(21)17-10-6-2-1-3-7-10)20-15-18-11-8-4-5-9-12(11)22-15/h1-9H,(H4,16,17,18,19,20,21). The van der Waals surface area contributed by atoms with Gasteiger partial charge in [-0.3, -0.25) is 5.32 Å². The average Bonchev–Trinajstić information content (AvgIpc) is 2.89. The molecule has 0 saturated heterocycles. The summed E-state index contributed by atoms with van der Waals surface area (Å²) in [5.74, 6) is -0.111. The van der Waals surface area contributed by atoms with Gasteiger partial charge in [-0.25, -0.2) is 4.79 Å². The summed E-state index contributed by atoms with van der Waals surface area (Å²) in [6, 6.07) is 15.8. The molecule has 0 atom stereocenters. The zero-order chi connectivity index (χ0) is 15.4. The number of amides is 2. The van der Waals surface area contributed by atoms with Crippen LogP contribution in [-0.2, 0) is 0 Å². The van der Waals surface area contributed by atoms with Gasteiger partial charge < -0.3 is 15.5 Å². The van der Waals surface area contributed by atoms with Crippen LogP contribution in [0.25, 0.3) is 11.1 Å². The molecule has 0 aliphatic rings. The molecule has 0 bridgehead atoms. The third-order valence-corrected chi connectivity index (χ3v) is 2.77. The molecule has 22 heavy (non-hydrogen) atoms. The number of guanidine groups is 1. The molecular weight excluding hydrogens is 282 g/mol. The summed E-state index contributed by atoms with van der Waals surface area (Å²) in [5.41, 5.74) is 7.58. The fourth-order valence-corrected chi connectivity index (χ4v) is 1.84. The quantitative estimate of drug-likeness (QED) is 0.499. The minimum atomic E-state index is -0.497. The number of aromatic nitrogens is 1. The Morgan fingerprint density at radius 3 is 2.59 bits per heavy atom. The molecule has 0 aliphatic carbocycles. The number of aliphatic imine (C=N–C) groups is 1. The van der Waals surface area contributed by atoms with Crippen LogP contribution in [0.2, 0.25) is 0 Å². The molecule has 110 valence electrons. The SMILES string of the molecule is NC(=Nc1nc2ccccc2o1)NC(=O)Nc1ccccc1. The molecule has 4 N–H and O–H groups in total. The number of rotatable bonds is 2. The molecule has 0 aliphatic heterocycles. The first-order valence-electron chi connectivity index (χ1n) is 6.53. The number of nitrogens with zero attached hydrogens (tertiary/aromatic N) is 2. The van der Waals surface area contributed by atoms with Crippen LogP contribution >= 0.6 is 0 Å². The van der Waals surface area contributed by atoms with Gasteiger partial charge in [0.25, 0.3) is 0 Å². The van der Waals surface area contributed by atoms with Gasteiger partial charge in [0, 0.05) is 5.69 Å². The number of oxazole rings is 1. The second-order valence-electron chi connectivity index (χ2n) is 4.41. The van der Waals surface area contributed by atoms with Gasteiger partial charge in [0.15, 0.2) is 5.58 Å². The van der Waals surface area contributed by atoms with Crippen LogP contribution in [0, 0.1) is 0 Å². The fourth-order valence-electron chi connectivity index (χ4n) is 1.84. The summed E-state index contributed by atoms with van der Waals surface area (Å²) in [4.78, 5) is 19.8. The molecule has 3 rings (SSSR count). The molecule has 0 unspecified atom stereocenters. The predicted molar refractivity (Wildman–Crippen MR) is 83.9 cm³/mol. The molecule has 0 spiro atoms. The van der Waals surface area contributed by atoms with E-state index in [1.165, 1.54) is 0 Å². The summed E-state index contributed by atoms with van der Waals surface area (Å²) < 4.78 is 5.39. The number of para-hydroxylation sites is 3. The minimum Gasteiger partial charge on any atom is -0.422 e. The molecule has 0 radical (unpaired) electrons. The Kier molecular flexibility index (Phi) is 3.69. The molecule has 0 saturated carbocycles. The molecule has 1 heterocycles. The monoisotopic (exact) mass is 295 g/mol. The van der Waals surface area contributed by atoms with Gasteiger partial charge >= 0.3 is 12.0 Å². The second kappa shape index (κ2) is 5.96. The van der Waals surface area contributed by atoms with Crippen LogP contribution in [0.1, 0.15) is 0 Å². The zero-order valence-corrected chi connectivity index (χ0v) is 11.5. The lowest BCUT2D eigenvalue weighted by Gasteiger charge is -2.05. The van der Waals surface area contributed by atoms with Crippen molar-refractivity contribution in [3.63, 3.8) is 0 Å². The first kappa shape index (κ1) is 13.6. The van der Waals surface area contributed by atoms with Gasteiger partial charge in [0.2, 0.25) is 5.96 Å². The third-order valence-electron chi connectivity index (χ3n) is 2.77. The number of urea groups is 1. The number of benzene rings is 2. The van der Waals surface area contributed by atoms with Crippen molar-refractivity contribution in [1.82, 2.24) is 10.3 Å². The maximum Gasteiger partial charge on any atom is 0.325 e. The number of anilines is 1. The maximum absolute atomic E-state index is 11.8. The molecule has 0 fully saturated rings. The van der Waals surface area contributed by atoms with Crippen LogP contribution < -0.4 is 16.4 Å². The Hall–Kier alpha value is -3.35. The summed E-state index contributed by atoms with van der Waals surface area (Å²) >= 11 is 0. The van der Waals surface area contributed by atoms with E-state index < -0.39 is 6.03 Å². The number of nitrogens with two attached hydrogens (primary N) is 1. The van der Waals surface area contributed by atoms with E-state index >= 15 is 0 Å². The topological polar surface area (TPSA) is 106 Å². The predicted octanol–water partition coefficient (Wildman–Crippen LogP) is 2.60. The molecule has 1 aromatic heterocycles. The Labute approximate surface area is 125 Å². The van der Waals surface area contributed by atoms with Crippen molar-refractivity contribution in [3.8, 4) is 0 Å². The van der Waals surface area contributed by atoms with Gasteiger partial charge in [-0.2, -0.15) is 9.98 Å². The largest absolute Gasteiger partial charge is 0.422 e. The van der Waals surface area contributed by atoms with E-state index in [1.807, 2.05) is 30.3 Å². The highest BCUT2D eigenvalue weighted by Gasteiger charge is 2.07. The fraction of sp³-hybridized carbons (Fsp3) is 0. The van der Waals surface area contributed by atoms with E-state index in [2.05, 4.69) is 20.6 Å². The van der Waals surface area contributed by atoms with E-state index in [0.29, 0.717) is 16.8 Å². The van der Waals surface area contributed by atoms with Crippen LogP contribution in [-0.4, -0.2) is 17.0 Å². The van der Waals surface area contributed by atoms with Gasteiger partial charge in [0.05, 0.1) is 0 Å². The smallest absolute Gasteiger partial charge is 0.325 e. The van der Waals surface area contributed by atoms with Crippen LogP contribution in [0.5, 0.6) is 0 Å². The maximum atomic E-state index is 11.8. The Balaban J connectivity index is 1.68. The molecular formula is C15H13N5O2. The van der Waals surface area contributed by atoms with Gasteiger partial charge in [-0.15, -0.1) is 0 Å². The van der Waals surface area contributed by atoms with Crippen molar-refractivity contribution in [3.05, 3.63) is 54.6 Å². The van der Waals surface area contributed by atoms with Crippen molar-refractivity contribution in [2.45, 2.75) is 0 Å². The lowest BCUT2D eigenvalue weighted by Crippen LogP contribution is -2.39. The van der Waals surface area contributed by atoms with Gasteiger partial charge in [0.1, 0.15) is 5.52 Å². The van der Waals surface area contributed by atoms with Crippen LogP contribution in [0.3, 0.4) is 0 Å². The first-order valence-corrected chi connectivity index (χ1v) is 6.53. The van der Waals surface area contributed by atoms with Crippen molar-refractivity contribution in [2.75, 3.05) is 5.32 Å². The zero-order valence-electron chi connectivity index (χ0n) is 11.5. The highest BCUT2D eigenvalue weighted by molar-refractivity contribution is 6.02. The molecule has 7 heteroatoms. The highest BCUT2D eigenvalue weighted by atomic mass is 16.4. The summed E-state index contributed by atoms with van der Waals surface area (Å²) in [7, 11) is 0. The van der Waals surface area contributed by atoms with Gasteiger partial charge in [-0.05, 0) is 24.3 Å². The molecule has 7 nitrogen and oxygen atoms in total.